The highest BCUT2D eigenvalue weighted by molar-refractivity contribution is 5.81. The van der Waals surface area contributed by atoms with Crippen molar-refractivity contribution in [2.24, 2.45) is 0 Å². The van der Waals surface area contributed by atoms with E-state index in [0.717, 1.165) is 0 Å². The molecule has 4 heteroatoms. The molecule has 0 spiro atoms. The Labute approximate surface area is 82.6 Å². The highest BCUT2D eigenvalue weighted by Gasteiger charge is 2.13. The van der Waals surface area contributed by atoms with Crippen LogP contribution in [0.2, 0.25) is 0 Å². The second-order valence-electron chi connectivity index (χ2n) is 3.25. The Balaban J connectivity index is 3.08. The number of carbonyl (C=O) groups excluding carboxylic acids is 1. The van der Waals surface area contributed by atoms with Crippen LogP contribution in [0, 0.1) is 6.92 Å². The molecule has 0 saturated carbocycles. The number of aromatic nitrogens is 2. The summed E-state index contributed by atoms with van der Waals surface area (Å²) >= 11 is 0. The number of hydrogen-bond acceptors (Lipinski definition) is 3. The fourth-order valence-electron chi connectivity index (χ4n) is 1.24. The third kappa shape index (κ3) is 2.07. The van der Waals surface area contributed by atoms with Crippen molar-refractivity contribution in [1.82, 2.24) is 9.55 Å². The van der Waals surface area contributed by atoms with Crippen molar-refractivity contribution in [2.75, 3.05) is 0 Å². The van der Waals surface area contributed by atoms with Crippen molar-refractivity contribution in [1.29, 1.82) is 0 Å². The standard InChI is InChI=1S/C10H14N2O2/c1-4-9(13)8(3)12-6-5-7(2)11-10(12)14/h5-6,8H,4H2,1-3H3. The molecule has 0 aliphatic rings. The van der Waals surface area contributed by atoms with Gasteiger partial charge < -0.3 is 0 Å². The summed E-state index contributed by atoms with van der Waals surface area (Å²) in [6.07, 6.45) is 2.05. The van der Waals surface area contributed by atoms with Crippen LogP contribution < -0.4 is 5.69 Å². The molecule has 0 saturated heterocycles. The normalized spacial score (nSPS) is 12.5. The predicted molar refractivity (Wildman–Crippen MR) is 53.2 cm³/mol. The maximum absolute atomic E-state index is 11.4. The first-order valence-electron chi connectivity index (χ1n) is 4.64. The zero-order valence-corrected chi connectivity index (χ0v) is 8.65. The first-order valence-corrected chi connectivity index (χ1v) is 4.64. The number of carbonyl (C=O) groups is 1. The van der Waals surface area contributed by atoms with Crippen molar-refractivity contribution in [2.45, 2.75) is 33.2 Å². The minimum absolute atomic E-state index is 0.0396. The third-order valence-electron chi connectivity index (χ3n) is 2.20. The molecule has 1 heterocycles. The molecule has 0 aromatic carbocycles. The largest absolute Gasteiger partial charge is 0.348 e. The molecule has 76 valence electrons. The zero-order chi connectivity index (χ0) is 10.7. The maximum atomic E-state index is 11.4. The lowest BCUT2D eigenvalue weighted by molar-refractivity contribution is -0.121. The Morgan fingerprint density at radius 3 is 2.79 bits per heavy atom. The molecule has 14 heavy (non-hydrogen) atoms. The van der Waals surface area contributed by atoms with Crippen LogP contribution in [0.1, 0.15) is 32.0 Å². The van der Waals surface area contributed by atoms with Gasteiger partial charge in [-0.05, 0) is 19.9 Å². The molecule has 0 fully saturated rings. The summed E-state index contributed by atoms with van der Waals surface area (Å²) in [5.41, 5.74) is 0.307. The fourth-order valence-corrected chi connectivity index (χ4v) is 1.24. The van der Waals surface area contributed by atoms with Gasteiger partial charge in [-0.2, -0.15) is 4.98 Å². The maximum Gasteiger partial charge on any atom is 0.348 e. The van der Waals surface area contributed by atoms with Crippen molar-refractivity contribution in [3.63, 3.8) is 0 Å². The van der Waals surface area contributed by atoms with Gasteiger partial charge >= 0.3 is 5.69 Å². The summed E-state index contributed by atoms with van der Waals surface area (Å²) in [6.45, 7) is 5.24. The zero-order valence-electron chi connectivity index (χ0n) is 8.65. The van der Waals surface area contributed by atoms with E-state index in [-0.39, 0.29) is 11.5 Å². The van der Waals surface area contributed by atoms with Gasteiger partial charge in [0.1, 0.15) is 0 Å². The van der Waals surface area contributed by atoms with E-state index in [1.54, 1.807) is 33.0 Å². The highest BCUT2D eigenvalue weighted by Crippen LogP contribution is 2.05. The van der Waals surface area contributed by atoms with Crippen LogP contribution in [0.5, 0.6) is 0 Å². The van der Waals surface area contributed by atoms with Gasteiger partial charge in [0.2, 0.25) is 0 Å². The molecule has 0 amide bonds. The molecule has 0 aliphatic heterocycles. The molecule has 0 bridgehead atoms. The number of ketones is 1. The molecule has 1 rings (SSSR count). The van der Waals surface area contributed by atoms with Gasteiger partial charge in [-0.25, -0.2) is 4.79 Å². The van der Waals surface area contributed by atoms with E-state index in [9.17, 15) is 9.59 Å². The topological polar surface area (TPSA) is 52.0 Å². The van der Waals surface area contributed by atoms with Crippen molar-refractivity contribution < 1.29 is 4.79 Å². The van der Waals surface area contributed by atoms with Crippen LogP contribution in [0.15, 0.2) is 17.1 Å². The average Bonchev–Trinajstić information content (AvgIpc) is 2.15. The summed E-state index contributed by atoms with van der Waals surface area (Å²) in [5, 5.41) is 0. The van der Waals surface area contributed by atoms with Crippen LogP contribution in [-0.2, 0) is 4.79 Å². The number of aryl methyl sites for hydroxylation is 1. The Kier molecular flexibility index (Phi) is 3.17. The summed E-state index contributed by atoms with van der Waals surface area (Å²) < 4.78 is 1.36. The predicted octanol–water partition coefficient (Wildman–Crippen LogP) is 1.09. The third-order valence-corrected chi connectivity index (χ3v) is 2.20. The molecule has 0 N–H and O–H groups in total. The summed E-state index contributed by atoms with van der Waals surface area (Å²) in [4.78, 5) is 26.5. The summed E-state index contributed by atoms with van der Waals surface area (Å²) in [5.74, 6) is 0.0396. The van der Waals surface area contributed by atoms with Crippen molar-refractivity contribution in [3.05, 3.63) is 28.4 Å². The van der Waals surface area contributed by atoms with Crippen LogP contribution in [0.25, 0.3) is 0 Å². The number of rotatable bonds is 3. The van der Waals surface area contributed by atoms with Crippen molar-refractivity contribution >= 4 is 5.78 Å². The fraction of sp³-hybridized carbons (Fsp3) is 0.500. The molecule has 0 radical (unpaired) electrons. The quantitative estimate of drug-likeness (QED) is 0.723. The smallest absolute Gasteiger partial charge is 0.297 e. The van der Waals surface area contributed by atoms with E-state index in [1.807, 2.05) is 0 Å². The van der Waals surface area contributed by atoms with E-state index < -0.39 is 6.04 Å². The van der Waals surface area contributed by atoms with Crippen LogP contribution in [-0.4, -0.2) is 15.3 Å². The van der Waals surface area contributed by atoms with Crippen LogP contribution in [0.3, 0.4) is 0 Å². The molecule has 0 aliphatic carbocycles. The first-order chi connectivity index (χ1) is 6.56. The lowest BCUT2D eigenvalue weighted by Crippen LogP contribution is -2.29. The second-order valence-corrected chi connectivity index (χ2v) is 3.25. The lowest BCUT2D eigenvalue weighted by Gasteiger charge is -2.11. The molecular weight excluding hydrogens is 180 g/mol. The number of Topliss-reactive ketones (excluding diaryl/α,β-unsaturated/α-hetero) is 1. The summed E-state index contributed by atoms with van der Waals surface area (Å²) in [7, 11) is 0. The van der Waals surface area contributed by atoms with E-state index >= 15 is 0 Å². The second kappa shape index (κ2) is 4.17. The lowest BCUT2D eigenvalue weighted by atomic mass is 10.1. The van der Waals surface area contributed by atoms with Crippen molar-refractivity contribution in [3.8, 4) is 0 Å². The van der Waals surface area contributed by atoms with Gasteiger partial charge in [-0.1, -0.05) is 6.92 Å². The van der Waals surface area contributed by atoms with Crippen LogP contribution in [0.4, 0.5) is 0 Å². The van der Waals surface area contributed by atoms with E-state index in [2.05, 4.69) is 4.98 Å². The van der Waals surface area contributed by atoms with E-state index in [4.69, 9.17) is 0 Å². The Morgan fingerprint density at radius 1 is 1.64 bits per heavy atom. The van der Waals surface area contributed by atoms with Gasteiger partial charge in [-0.3, -0.25) is 9.36 Å². The molecule has 1 atom stereocenters. The SMILES string of the molecule is CCC(=O)C(C)n1ccc(C)nc1=O. The Hall–Kier alpha value is -1.45. The van der Waals surface area contributed by atoms with E-state index in [0.29, 0.717) is 12.1 Å². The Morgan fingerprint density at radius 2 is 2.29 bits per heavy atom. The van der Waals surface area contributed by atoms with Gasteiger partial charge in [-0.15, -0.1) is 0 Å². The molecule has 1 aromatic heterocycles. The number of nitrogens with zero attached hydrogens (tertiary/aromatic N) is 2. The first kappa shape index (κ1) is 10.6. The minimum atomic E-state index is -0.416. The van der Waals surface area contributed by atoms with Gasteiger partial charge in [0.15, 0.2) is 5.78 Å². The van der Waals surface area contributed by atoms with Crippen LogP contribution >= 0.6 is 0 Å². The highest BCUT2D eigenvalue weighted by atomic mass is 16.2. The monoisotopic (exact) mass is 194 g/mol. The van der Waals surface area contributed by atoms with E-state index in [1.165, 1.54) is 4.57 Å². The van der Waals surface area contributed by atoms with Gasteiger partial charge in [0.05, 0.1) is 6.04 Å². The minimum Gasteiger partial charge on any atom is -0.297 e. The average molecular weight is 194 g/mol. The number of hydrogen-bond donors (Lipinski definition) is 0. The van der Waals surface area contributed by atoms with Gasteiger partial charge in [0.25, 0.3) is 0 Å². The summed E-state index contributed by atoms with van der Waals surface area (Å²) in [6, 6.07) is 1.31. The Bertz CT molecular complexity index is 395. The molecule has 1 unspecified atom stereocenters. The molecule has 4 nitrogen and oxygen atoms in total. The van der Waals surface area contributed by atoms with Gasteiger partial charge in [0, 0.05) is 18.3 Å². The molecular formula is C10H14N2O2. The molecule has 1 aromatic rings.